The third-order valence-corrected chi connectivity index (χ3v) is 12.2. The molecule has 0 aliphatic carbocycles. The molecule has 0 bridgehead atoms. The summed E-state index contributed by atoms with van der Waals surface area (Å²) >= 11 is 0. The largest absolute Gasteiger partial charge is 0.462 e. The molecule has 0 saturated heterocycles. The average molecular weight is 936 g/mol. The summed E-state index contributed by atoms with van der Waals surface area (Å²) in [6, 6.07) is 0. The highest BCUT2D eigenvalue weighted by molar-refractivity contribution is 5.71. The maximum Gasteiger partial charge on any atom is 0.306 e. The first-order valence-electron chi connectivity index (χ1n) is 28.4. The highest BCUT2D eigenvalue weighted by Crippen LogP contribution is 2.16. The van der Waals surface area contributed by atoms with Gasteiger partial charge in [-0.2, -0.15) is 0 Å². The van der Waals surface area contributed by atoms with Gasteiger partial charge in [-0.15, -0.1) is 0 Å². The van der Waals surface area contributed by atoms with Gasteiger partial charge in [0.2, 0.25) is 0 Å². The van der Waals surface area contributed by atoms with Gasteiger partial charge >= 0.3 is 17.9 Å². The van der Waals surface area contributed by atoms with Crippen LogP contribution < -0.4 is 0 Å². The number of allylic oxidation sites excluding steroid dienone is 12. The standard InChI is InChI=1S/C61H106O6/c1-4-7-10-13-16-19-22-25-27-29-31-33-36-39-42-45-48-51-54-60(63)66-57-58(56-65-59(62)53-50-47-44-41-38-35-24-21-18-15-12-9-6-3)67-61(64)55-52-49-46-43-40-37-34-32-30-28-26-23-20-17-14-11-8-5-2/h9,12,18-19,21-22,27,29,35,38,44,47,58H,4-8,10-11,13-17,20,23-26,28,30-34,36-37,39-43,45-46,48-57H2,1-3H3/b12-9-,21-18-,22-19-,29-27-,38-35-,47-44-. The van der Waals surface area contributed by atoms with Crippen LogP contribution in [0.5, 0.6) is 0 Å². The second kappa shape index (κ2) is 55.4. The molecule has 0 aliphatic heterocycles. The highest BCUT2D eigenvalue weighted by Gasteiger charge is 2.19. The SMILES string of the molecule is CC/C=C\C/C=C\C/C=C\C/C=C\CCC(=O)OCC(COC(=O)CCCCCCCCC/C=C\C/C=C\CCCCCC)OC(=O)CCCCCCCCCCCCCCCCCCCC. The van der Waals surface area contributed by atoms with Crippen molar-refractivity contribution in [3.8, 4) is 0 Å². The van der Waals surface area contributed by atoms with Crippen LogP contribution in [-0.2, 0) is 28.6 Å². The van der Waals surface area contributed by atoms with Crippen molar-refractivity contribution in [1.29, 1.82) is 0 Å². The van der Waals surface area contributed by atoms with E-state index in [1.807, 2.05) is 6.08 Å². The predicted octanol–water partition coefficient (Wildman–Crippen LogP) is 19.0. The lowest BCUT2D eigenvalue weighted by atomic mass is 10.0. The Bertz CT molecular complexity index is 1260. The first kappa shape index (κ1) is 63.8. The summed E-state index contributed by atoms with van der Waals surface area (Å²) in [5.74, 6) is -0.982. The van der Waals surface area contributed by atoms with Crippen LogP contribution in [0.25, 0.3) is 0 Å². The number of hydrogen-bond donors (Lipinski definition) is 0. The van der Waals surface area contributed by atoms with E-state index in [1.165, 1.54) is 154 Å². The third-order valence-electron chi connectivity index (χ3n) is 12.2. The van der Waals surface area contributed by atoms with E-state index >= 15 is 0 Å². The second-order valence-corrected chi connectivity index (χ2v) is 18.8. The van der Waals surface area contributed by atoms with Gasteiger partial charge in [0.25, 0.3) is 0 Å². The molecule has 0 aromatic rings. The maximum absolute atomic E-state index is 12.8. The maximum atomic E-state index is 12.8. The molecule has 0 spiro atoms. The van der Waals surface area contributed by atoms with Crippen LogP contribution in [0.1, 0.15) is 278 Å². The van der Waals surface area contributed by atoms with Gasteiger partial charge in [-0.05, 0) is 77.0 Å². The quantitative estimate of drug-likeness (QED) is 0.0262. The Labute approximate surface area is 414 Å². The van der Waals surface area contributed by atoms with Gasteiger partial charge in [0, 0.05) is 19.3 Å². The van der Waals surface area contributed by atoms with Gasteiger partial charge in [-0.25, -0.2) is 0 Å². The van der Waals surface area contributed by atoms with Crippen LogP contribution in [0, 0.1) is 0 Å². The smallest absolute Gasteiger partial charge is 0.306 e. The van der Waals surface area contributed by atoms with Crippen molar-refractivity contribution in [3.05, 3.63) is 72.9 Å². The van der Waals surface area contributed by atoms with E-state index in [-0.39, 0.29) is 37.5 Å². The topological polar surface area (TPSA) is 78.9 Å². The van der Waals surface area contributed by atoms with Crippen molar-refractivity contribution in [3.63, 3.8) is 0 Å². The Morgan fingerprint density at radius 3 is 1.01 bits per heavy atom. The molecule has 1 atom stereocenters. The highest BCUT2D eigenvalue weighted by atomic mass is 16.6. The van der Waals surface area contributed by atoms with Crippen molar-refractivity contribution < 1.29 is 28.6 Å². The molecular formula is C61H106O6. The van der Waals surface area contributed by atoms with Gasteiger partial charge in [0.15, 0.2) is 6.10 Å². The summed E-state index contributed by atoms with van der Waals surface area (Å²) in [5, 5.41) is 0. The summed E-state index contributed by atoms with van der Waals surface area (Å²) in [7, 11) is 0. The lowest BCUT2D eigenvalue weighted by molar-refractivity contribution is -0.166. The first-order valence-corrected chi connectivity index (χ1v) is 28.4. The van der Waals surface area contributed by atoms with Crippen LogP contribution in [0.2, 0.25) is 0 Å². The predicted molar refractivity (Wildman–Crippen MR) is 288 cm³/mol. The Balaban J connectivity index is 4.42. The normalized spacial score (nSPS) is 12.6. The fourth-order valence-corrected chi connectivity index (χ4v) is 7.96. The lowest BCUT2D eigenvalue weighted by Gasteiger charge is -2.18. The van der Waals surface area contributed by atoms with Gasteiger partial charge in [0.1, 0.15) is 13.2 Å². The molecule has 6 nitrogen and oxygen atoms in total. The molecule has 0 radical (unpaired) electrons. The van der Waals surface area contributed by atoms with Crippen molar-refractivity contribution in [1.82, 2.24) is 0 Å². The average Bonchev–Trinajstić information content (AvgIpc) is 3.33. The molecule has 0 fully saturated rings. The molecule has 0 heterocycles. The molecule has 1 unspecified atom stereocenters. The van der Waals surface area contributed by atoms with E-state index in [9.17, 15) is 14.4 Å². The van der Waals surface area contributed by atoms with E-state index < -0.39 is 6.10 Å². The number of esters is 3. The molecule has 0 aliphatic rings. The van der Waals surface area contributed by atoms with Gasteiger partial charge in [-0.1, -0.05) is 254 Å². The minimum absolute atomic E-state index is 0.0996. The molecule has 0 amide bonds. The number of carbonyl (C=O) groups is 3. The molecule has 67 heavy (non-hydrogen) atoms. The number of ether oxygens (including phenoxy) is 3. The van der Waals surface area contributed by atoms with Crippen LogP contribution >= 0.6 is 0 Å². The molecule has 0 aromatic heterocycles. The van der Waals surface area contributed by atoms with E-state index in [0.717, 1.165) is 77.0 Å². The monoisotopic (exact) mass is 935 g/mol. The second-order valence-electron chi connectivity index (χ2n) is 18.8. The zero-order valence-electron chi connectivity index (χ0n) is 44.2. The van der Waals surface area contributed by atoms with E-state index in [2.05, 4.69) is 87.6 Å². The third kappa shape index (κ3) is 53.7. The van der Waals surface area contributed by atoms with Crippen molar-refractivity contribution >= 4 is 17.9 Å². The Morgan fingerprint density at radius 1 is 0.313 bits per heavy atom. The van der Waals surface area contributed by atoms with Gasteiger partial charge in [-0.3, -0.25) is 14.4 Å². The van der Waals surface area contributed by atoms with Crippen LogP contribution in [0.4, 0.5) is 0 Å². The molecule has 0 aromatic carbocycles. The molecule has 0 saturated carbocycles. The number of hydrogen-bond acceptors (Lipinski definition) is 6. The summed E-state index contributed by atoms with van der Waals surface area (Å²) in [5.41, 5.74) is 0. The van der Waals surface area contributed by atoms with Crippen molar-refractivity contribution in [2.75, 3.05) is 13.2 Å². The zero-order valence-corrected chi connectivity index (χ0v) is 44.2. The van der Waals surface area contributed by atoms with Crippen LogP contribution in [-0.4, -0.2) is 37.2 Å². The summed E-state index contributed by atoms with van der Waals surface area (Å²) in [6.07, 6.45) is 70.5. The van der Waals surface area contributed by atoms with Crippen LogP contribution in [0.15, 0.2) is 72.9 Å². The molecule has 6 heteroatoms. The summed E-state index contributed by atoms with van der Waals surface area (Å²) in [4.78, 5) is 38.1. The fraction of sp³-hybridized carbons (Fsp3) is 0.754. The van der Waals surface area contributed by atoms with Gasteiger partial charge in [0.05, 0.1) is 0 Å². The van der Waals surface area contributed by atoms with E-state index in [1.54, 1.807) is 0 Å². The minimum Gasteiger partial charge on any atom is -0.462 e. The van der Waals surface area contributed by atoms with Gasteiger partial charge < -0.3 is 14.2 Å². The first-order chi connectivity index (χ1) is 33.0. The zero-order chi connectivity index (χ0) is 48.6. The van der Waals surface area contributed by atoms with E-state index in [4.69, 9.17) is 14.2 Å². The summed E-state index contributed by atoms with van der Waals surface area (Å²) < 4.78 is 16.8. The lowest BCUT2D eigenvalue weighted by Crippen LogP contribution is -2.30. The molecule has 0 N–H and O–H groups in total. The van der Waals surface area contributed by atoms with Crippen molar-refractivity contribution in [2.24, 2.45) is 0 Å². The number of unbranched alkanes of at least 4 members (excludes halogenated alkanes) is 28. The summed E-state index contributed by atoms with van der Waals surface area (Å²) in [6.45, 7) is 6.46. The molecule has 0 rings (SSSR count). The minimum atomic E-state index is -0.806. The molecular weight excluding hydrogens is 829 g/mol. The number of rotatable bonds is 51. The molecule has 386 valence electrons. The fourth-order valence-electron chi connectivity index (χ4n) is 7.96. The number of carbonyl (C=O) groups excluding carboxylic acids is 3. The Hall–Kier alpha value is -3.15. The van der Waals surface area contributed by atoms with Crippen LogP contribution in [0.3, 0.4) is 0 Å². The van der Waals surface area contributed by atoms with Crippen molar-refractivity contribution in [2.45, 2.75) is 284 Å². The van der Waals surface area contributed by atoms with E-state index in [0.29, 0.717) is 19.3 Å². The Kier molecular flexibility index (Phi) is 52.8. The Morgan fingerprint density at radius 2 is 0.612 bits per heavy atom.